The quantitative estimate of drug-likeness (QED) is 0.315. The molecule has 4 heteroatoms. The second-order valence-electron chi connectivity index (χ2n) is 4.32. The third-order valence-corrected chi connectivity index (χ3v) is 2.72. The first-order valence-corrected chi connectivity index (χ1v) is 6.79. The van der Waals surface area contributed by atoms with Crippen molar-refractivity contribution in [2.24, 2.45) is 0 Å². The predicted octanol–water partition coefficient (Wildman–Crippen LogP) is 3.52. The number of carbonyl (C=O) groups is 2. The lowest BCUT2D eigenvalue weighted by molar-refractivity contribution is -0.128. The zero-order valence-corrected chi connectivity index (χ0v) is 11.8. The molecule has 1 rings (SSSR count). The summed E-state index contributed by atoms with van der Waals surface area (Å²) in [7, 11) is 0. The lowest BCUT2D eigenvalue weighted by Gasteiger charge is -2.08. The van der Waals surface area contributed by atoms with Crippen LogP contribution in [0.25, 0.3) is 0 Å². The van der Waals surface area contributed by atoms with Gasteiger partial charge in [-0.15, -0.1) is 0 Å². The van der Waals surface area contributed by atoms with E-state index in [0.29, 0.717) is 6.61 Å². The summed E-state index contributed by atoms with van der Waals surface area (Å²) in [6.07, 6.45) is 5.19. The fourth-order valence-corrected chi connectivity index (χ4v) is 1.65. The van der Waals surface area contributed by atoms with Gasteiger partial charge in [0.1, 0.15) is 11.3 Å². The van der Waals surface area contributed by atoms with E-state index in [1.54, 1.807) is 24.3 Å². The van der Waals surface area contributed by atoms with Gasteiger partial charge in [0, 0.05) is 6.08 Å². The Kier molecular flexibility index (Phi) is 7.11. The van der Waals surface area contributed by atoms with Crippen molar-refractivity contribution in [3.8, 4) is 5.75 Å². The van der Waals surface area contributed by atoms with E-state index in [4.69, 9.17) is 9.47 Å². The fraction of sp³-hybridized carbons (Fsp3) is 0.375. The number of benzene rings is 1. The van der Waals surface area contributed by atoms with Crippen LogP contribution < -0.4 is 4.74 Å². The van der Waals surface area contributed by atoms with Crippen molar-refractivity contribution in [3.05, 3.63) is 42.5 Å². The molecule has 108 valence electrons. The first-order chi connectivity index (χ1) is 9.69. The smallest absolute Gasteiger partial charge is 0.341 e. The van der Waals surface area contributed by atoms with Crippen LogP contribution in [0.3, 0.4) is 0 Å². The molecule has 0 aliphatic rings. The molecule has 0 bridgehead atoms. The summed E-state index contributed by atoms with van der Waals surface area (Å²) >= 11 is 0. The molecule has 0 heterocycles. The van der Waals surface area contributed by atoms with Crippen molar-refractivity contribution < 1.29 is 19.1 Å². The van der Waals surface area contributed by atoms with Crippen LogP contribution in [-0.4, -0.2) is 18.5 Å². The van der Waals surface area contributed by atoms with Gasteiger partial charge in [0.25, 0.3) is 0 Å². The molecular weight excluding hydrogens is 256 g/mol. The van der Waals surface area contributed by atoms with Crippen molar-refractivity contribution in [2.45, 2.75) is 32.6 Å². The summed E-state index contributed by atoms with van der Waals surface area (Å²) in [5.41, 5.74) is 0.248. The van der Waals surface area contributed by atoms with Crippen LogP contribution in [0.15, 0.2) is 36.9 Å². The molecule has 4 nitrogen and oxygen atoms in total. The van der Waals surface area contributed by atoms with Crippen molar-refractivity contribution in [2.75, 3.05) is 6.61 Å². The fourth-order valence-electron chi connectivity index (χ4n) is 1.65. The van der Waals surface area contributed by atoms with Crippen LogP contribution in [0.5, 0.6) is 5.75 Å². The number of para-hydroxylation sites is 1. The zero-order chi connectivity index (χ0) is 14.8. The molecule has 0 amide bonds. The van der Waals surface area contributed by atoms with Gasteiger partial charge in [-0.05, 0) is 18.6 Å². The standard InChI is InChI=1S/C16H20O4/c1-3-5-6-9-12-19-16(18)13-10-7-8-11-14(13)20-15(17)4-2/h4,7-8,10-11H,2-3,5-6,9,12H2,1H3. The molecule has 0 aliphatic heterocycles. The third-order valence-electron chi connectivity index (χ3n) is 2.72. The first kappa shape index (κ1) is 16.0. The van der Waals surface area contributed by atoms with Crippen molar-refractivity contribution in [1.29, 1.82) is 0 Å². The molecule has 0 spiro atoms. The number of esters is 2. The van der Waals surface area contributed by atoms with Gasteiger partial charge in [-0.25, -0.2) is 9.59 Å². The molecule has 0 aromatic heterocycles. The van der Waals surface area contributed by atoms with Gasteiger partial charge in [0.15, 0.2) is 0 Å². The van der Waals surface area contributed by atoms with E-state index in [2.05, 4.69) is 13.5 Å². The highest BCUT2D eigenvalue weighted by Gasteiger charge is 2.14. The van der Waals surface area contributed by atoms with Gasteiger partial charge < -0.3 is 9.47 Å². The molecule has 1 aromatic rings. The summed E-state index contributed by atoms with van der Waals surface area (Å²) < 4.78 is 10.2. The number of ether oxygens (including phenoxy) is 2. The minimum absolute atomic E-state index is 0.191. The van der Waals surface area contributed by atoms with Gasteiger partial charge in [-0.2, -0.15) is 0 Å². The maximum Gasteiger partial charge on any atom is 0.341 e. The highest BCUT2D eigenvalue weighted by atomic mass is 16.5. The Labute approximate surface area is 119 Å². The third kappa shape index (κ3) is 5.26. The van der Waals surface area contributed by atoms with E-state index < -0.39 is 11.9 Å². The van der Waals surface area contributed by atoms with Crippen LogP contribution in [0, 0.1) is 0 Å². The largest absolute Gasteiger partial charge is 0.462 e. The van der Waals surface area contributed by atoms with Gasteiger partial charge in [0.2, 0.25) is 0 Å². The molecule has 0 fully saturated rings. The number of unbranched alkanes of at least 4 members (excludes halogenated alkanes) is 3. The summed E-state index contributed by atoms with van der Waals surface area (Å²) in [6, 6.07) is 6.50. The molecular formula is C16H20O4. The second-order valence-corrected chi connectivity index (χ2v) is 4.32. The van der Waals surface area contributed by atoms with Gasteiger partial charge in [-0.3, -0.25) is 0 Å². The van der Waals surface area contributed by atoms with E-state index in [1.165, 1.54) is 0 Å². The maximum absolute atomic E-state index is 11.9. The van der Waals surface area contributed by atoms with Crippen molar-refractivity contribution in [1.82, 2.24) is 0 Å². The Bertz CT molecular complexity index is 465. The zero-order valence-electron chi connectivity index (χ0n) is 11.8. The minimum atomic E-state index is -0.604. The van der Waals surface area contributed by atoms with E-state index in [9.17, 15) is 9.59 Å². The van der Waals surface area contributed by atoms with Crippen LogP contribution >= 0.6 is 0 Å². The Balaban J connectivity index is 2.58. The van der Waals surface area contributed by atoms with E-state index in [1.807, 2.05) is 0 Å². The normalized spacial score (nSPS) is 9.85. The second kappa shape index (κ2) is 8.91. The molecule has 0 saturated carbocycles. The van der Waals surface area contributed by atoms with E-state index in [-0.39, 0.29) is 11.3 Å². The average molecular weight is 276 g/mol. The van der Waals surface area contributed by atoms with Crippen LogP contribution in [-0.2, 0) is 9.53 Å². The maximum atomic E-state index is 11.9. The SMILES string of the molecule is C=CC(=O)Oc1ccccc1C(=O)OCCCCCC. The summed E-state index contributed by atoms with van der Waals surface area (Å²) in [6.45, 7) is 5.82. The molecule has 20 heavy (non-hydrogen) atoms. The molecule has 1 aromatic carbocycles. The number of hydrogen-bond donors (Lipinski definition) is 0. The minimum Gasteiger partial charge on any atom is -0.462 e. The topological polar surface area (TPSA) is 52.6 Å². The molecule has 0 N–H and O–H groups in total. The monoisotopic (exact) mass is 276 g/mol. The first-order valence-electron chi connectivity index (χ1n) is 6.79. The van der Waals surface area contributed by atoms with Gasteiger partial charge in [-0.1, -0.05) is 44.9 Å². The van der Waals surface area contributed by atoms with Crippen molar-refractivity contribution in [3.63, 3.8) is 0 Å². The summed E-state index contributed by atoms with van der Waals surface area (Å²) in [5.74, 6) is -0.891. The Morgan fingerprint density at radius 3 is 2.65 bits per heavy atom. The highest BCUT2D eigenvalue weighted by molar-refractivity contribution is 5.94. The van der Waals surface area contributed by atoms with E-state index >= 15 is 0 Å². The number of rotatable bonds is 8. The molecule has 0 radical (unpaired) electrons. The van der Waals surface area contributed by atoms with Crippen LogP contribution in [0.2, 0.25) is 0 Å². The van der Waals surface area contributed by atoms with E-state index in [0.717, 1.165) is 31.8 Å². The Hall–Kier alpha value is -2.10. The van der Waals surface area contributed by atoms with Gasteiger partial charge >= 0.3 is 11.9 Å². The lowest BCUT2D eigenvalue weighted by atomic mass is 10.2. The summed E-state index contributed by atoms with van der Waals surface area (Å²) in [5, 5.41) is 0. The highest BCUT2D eigenvalue weighted by Crippen LogP contribution is 2.19. The summed E-state index contributed by atoms with van der Waals surface area (Å²) in [4.78, 5) is 23.1. The van der Waals surface area contributed by atoms with Gasteiger partial charge in [0.05, 0.1) is 6.61 Å². The van der Waals surface area contributed by atoms with Crippen molar-refractivity contribution >= 4 is 11.9 Å². The Morgan fingerprint density at radius 2 is 1.95 bits per heavy atom. The molecule has 0 aliphatic carbocycles. The molecule has 0 atom stereocenters. The average Bonchev–Trinajstić information content (AvgIpc) is 2.47. The molecule has 0 unspecified atom stereocenters. The molecule has 0 saturated heterocycles. The lowest BCUT2D eigenvalue weighted by Crippen LogP contribution is -2.11. The number of carbonyl (C=O) groups excluding carboxylic acids is 2. The van der Waals surface area contributed by atoms with Crippen LogP contribution in [0.4, 0.5) is 0 Å². The number of hydrogen-bond acceptors (Lipinski definition) is 4. The Morgan fingerprint density at radius 1 is 1.20 bits per heavy atom. The van der Waals surface area contributed by atoms with Crippen LogP contribution in [0.1, 0.15) is 43.0 Å². The predicted molar refractivity (Wildman–Crippen MR) is 76.7 cm³/mol.